The molecule has 1 unspecified atom stereocenters. The zero-order valence-corrected chi connectivity index (χ0v) is 13.9. The smallest absolute Gasteiger partial charge is 0.245 e. The van der Waals surface area contributed by atoms with Crippen molar-refractivity contribution in [1.29, 1.82) is 0 Å². The normalized spacial score (nSPS) is 18.9. The Balaban J connectivity index is 1.75. The van der Waals surface area contributed by atoms with Gasteiger partial charge in [-0.25, -0.2) is 0 Å². The zero-order chi connectivity index (χ0) is 16.6. The van der Waals surface area contributed by atoms with E-state index in [-0.39, 0.29) is 18.4 Å². The molecule has 122 valence electrons. The lowest BCUT2D eigenvalue weighted by molar-refractivity contribution is -0.138. The SMILES string of the molecule is CN(C)C(=O)C1CN(Cc2cc3cc(Cl)ccc3[nH]2)CC(=O)N1. The molecule has 1 fully saturated rings. The quantitative estimate of drug-likeness (QED) is 0.886. The highest BCUT2D eigenvalue weighted by molar-refractivity contribution is 6.31. The average molecular weight is 335 g/mol. The number of carbonyl (C=O) groups is 2. The molecule has 0 radical (unpaired) electrons. The van der Waals surface area contributed by atoms with Gasteiger partial charge in [0.15, 0.2) is 0 Å². The van der Waals surface area contributed by atoms with E-state index in [9.17, 15) is 9.59 Å². The van der Waals surface area contributed by atoms with Crippen LogP contribution in [0.15, 0.2) is 24.3 Å². The van der Waals surface area contributed by atoms with E-state index in [2.05, 4.69) is 10.3 Å². The van der Waals surface area contributed by atoms with Gasteiger partial charge in [-0.1, -0.05) is 11.6 Å². The highest BCUT2D eigenvalue weighted by Crippen LogP contribution is 2.21. The highest BCUT2D eigenvalue weighted by atomic mass is 35.5. The van der Waals surface area contributed by atoms with Crippen LogP contribution >= 0.6 is 11.6 Å². The number of hydrogen-bond acceptors (Lipinski definition) is 3. The van der Waals surface area contributed by atoms with Crippen LogP contribution in [0.3, 0.4) is 0 Å². The number of carbonyl (C=O) groups excluding carboxylic acids is 2. The van der Waals surface area contributed by atoms with Crippen molar-refractivity contribution in [2.75, 3.05) is 27.2 Å². The van der Waals surface area contributed by atoms with Crippen molar-refractivity contribution >= 4 is 34.3 Å². The van der Waals surface area contributed by atoms with Crippen LogP contribution in [0, 0.1) is 0 Å². The molecule has 1 saturated heterocycles. The number of aromatic nitrogens is 1. The third kappa shape index (κ3) is 3.48. The Morgan fingerprint density at radius 2 is 2.17 bits per heavy atom. The number of aromatic amines is 1. The van der Waals surface area contributed by atoms with Gasteiger partial charge in [-0.2, -0.15) is 0 Å². The molecule has 7 heteroatoms. The van der Waals surface area contributed by atoms with Gasteiger partial charge < -0.3 is 15.2 Å². The molecule has 1 aromatic carbocycles. The van der Waals surface area contributed by atoms with Gasteiger partial charge in [0.25, 0.3) is 0 Å². The minimum absolute atomic E-state index is 0.0912. The molecule has 1 aromatic heterocycles. The van der Waals surface area contributed by atoms with Gasteiger partial charge in [-0.15, -0.1) is 0 Å². The molecule has 6 nitrogen and oxygen atoms in total. The Hall–Kier alpha value is -2.05. The van der Waals surface area contributed by atoms with Gasteiger partial charge in [-0.05, 0) is 24.3 Å². The van der Waals surface area contributed by atoms with Gasteiger partial charge in [0.05, 0.1) is 6.54 Å². The molecular weight excluding hydrogens is 316 g/mol. The predicted octanol–water partition coefficient (Wildman–Crippen LogP) is 1.21. The molecule has 2 amide bonds. The number of likely N-dealkylation sites (N-methyl/N-ethyl adjacent to an activating group) is 1. The summed E-state index contributed by atoms with van der Waals surface area (Å²) in [4.78, 5) is 30.7. The Morgan fingerprint density at radius 3 is 2.91 bits per heavy atom. The summed E-state index contributed by atoms with van der Waals surface area (Å²) in [5.74, 6) is -0.220. The molecule has 0 spiro atoms. The first-order chi connectivity index (χ1) is 10.9. The predicted molar refractivity (Wildman–Crippen MR) is 89.2 cm³/mol. The van der Waals surface area contributed by atoms with E-state index in [1.165, 1.54) is 4.90 Å². The van der Waals surface area contributed by atoms with Gasteiger partial charge in [0.1, 0.15) is 6.04 Å². The minimum atomic E-state index is -0.495. The lowest BCUT2D eigenvalue weighted by Gasteiger charge is -2.33. The van der Waals surface area contributed by atoms with Crippen molar-refractivity contribution < 1.29 is 9.59 Å². The number of amides is 2. The number of piperazine rings is 1. The number of nitrogens with one attached hydrogen (secondary N) is 2. The lowest BCUT2D eigenvalue weighted by atomic mass is 10.1. The summed E-state index contributed by atoms with van der Waals surface area (Å²) in [5, 5.41) is 4.48. The summed E-state index contributed by atoms with van der Waals surface area (Å²) in [7, 11) is 3.38. The zero-order valence-electron chi connectivity index (χ0n) is 13.1. The standard InChI is InChI=1S/C16H19ClN4O2/c1-20(2)16(23)14-8-21(9-15(22)19-14)7-12-6-10-5-11(17)3-4-13(10)18-12/h3-6,14,18H,7-9H2,1-2H3,(H,19,22). The van der Waals surface area contributed by atoms with Gasteiger partial charge in [0.2, 0.25) is 11.8 Å². The third-order valence-electron chi connectivity index (χ3n) is 3.91. The lowest BCUT2D eigenvalue weighted by Crippen LogP contribution is -2.59. The van der Waals surface area contributed by atoms with E-state index in [1.54, 1.807) is 14.1 Å². The second-order valence-electron chi connectivity index (χ2n) is 6.05. The molecule has 0 saturated carbocycles. The van der Waals surface area contributed by atoms with Crippen molar-refractivity contribution in [1.82, 2.24) is 20.1 Å². The van der Waals surface area contributed by atoms with Crippen LogP contribution in [0.2, 0.25) is 5.02 Å². The van der Waals surface area contributed by atoms with Crippen molar-refractivity contribution in [3.63, 3.8) is 0 Å². The summed E-state index contributed by atoms with van der Waals surface area (Å²) in [6.45, 7) is 1.36. The van der Waals surface area contributed by atoms with E-state index in [4.69, 9.17) is 11.6 Å². The molecule has 23 heavy (non-hydrogen) atoms. The van der Waals surface area contributed by atoms with Crippen LogP contribution in [-0.2, 0) is 16.1 Å². The van der Waals surface area contributed by atoms with E-state index >= 15 is 0 Å². The molecule has 1 aliphatic rings. The summed E-state index contributed by atoms with van der Waals surface area (Å²) >= 11 is 6.00. The average Bonchev–Trinajstić information content (AvgIpc) is 2.86. The van der Waals surface area contributed by atoms with Crippen LogP contribution in [0.4, 0.5) is 0 Å². The van der Waals surface area contributed by atoms with E-state index in [1.807, 2.05) is 29.2 Å². The van der Waals surface area contributed by atoms with Crippen LogP contribution < -0.4 is 5.32 Å². The number of H-pyrrole nitrogens is 1. The highest BCUT2D eigenvalue weighted by Gasteiger charge is 2.30. The third-order valence-corrected chi connectivity index (χ3v) is 4.15. The number of fused-ring (bicyclic) bond motifs is 1. The second kappa shape index (κ2) is 6.22. The van der Waals surface area contributed by atoms with Crippen molar-refractivity contribution in [2.24, 2.45) is 0 Å². The number of hydrogen-bond donors (Lipinski definition) is 2. The summed E-state index contributed by atoms with van der Waals surface area (Å²) in [6.07, 6.45) is 0. The summed E-state index contributed by atoms with van der Waals surface area (Å²) < 4.78 is 0. The Labute approximate surface area is 139 Å². The van der Waals surface area contributed by atoms with Crippen LogP contribution in [0.25, 0.3) is 10.9 Å². The van der Waals surface area contributed by atoms with Gasteiger partial charge >= 0.3 is 0 Å². The fraction of sp³-hybridized carbons (Fsp3) is 0.375. The summed E-state index contributed by atoms with van der Waals surface area (Å²) in [6, 6.07) is 7.20. The molecule has 1 aliphatic heterocycles. The second-order valence-corrected chi connectivity index (χ2v) is 6.48. The van der Waals surface area contributed by atoms with Crippen molar-refractivity contribution in [2.45, 2.75) is 12.6 Å². The van der Waals surface area contributed by atoms with Gasteiger partial charge in [0, 0.05) is 48.8 Å². The van der Waals surface area contributed by atoms with Gasteiger partial charge in [-0.3, -0.25) is 14.5 Å². The Morgan fingerprint density at radius 1 is 1.39 bits per heavy atom. The number of nitrogens with zero attached hydrogens (tertiary/aromatic N) is 2. The number of rotatable bonds is 3. The molecule has 2 heterocycles. The summed E-state index contributed by atoms with van der Waals surface area (Å²) in [5.41, 5.74) is 2.00. The maximum absolute atomic E-state index is 12.1. The maximum Gasteiger partial charge on any atom is 0.245 e. The first-order valence-electron chi connectivity index (χ1n) is 7.42. The molecule has 2 N–H and O–H groups in total. The topological polar surface area (TPSA) is 68.4 Å². The Kier molecular flexibility index (Phi) is 4.28. The van der Waals surface area contributed by atoms with Crippen LogP contribution in [0.5, 0.6) is 0 Å². The maximum atomic E-state index is 12.1. The fourth-order valence-corrected chi connectivity index (χ4v) is 3.05. The molecule has 2 aromatic rings. The molecule has 1 atom stereocenters. The van der Waals surface area contributed by atoms with E-state index in [0.29, 0.717) is 18.1 Å². The number of benzene rings is 1. The van der Waals surface area contributed by atoms with Crippen molar-refractivity contribution in [3.05, 3.63) is 35.0 Å². The fourth-order valence-electron chi connectivity index (χ4n) is 2.87. The number of halogens is 1. The first-order valence-corrected chi connectivity index (χ1v) is 7.80. The first kappa shape index (κ1) is 15.8. The molecular formula is C16H19ClN4O2. The van der Waals surface area contributed by atoms with E-state index < -0.39 is 6.04 Å². The largest absolute Gasteiger partial charge is 0.357 e. The van der Waals surface area contributed by atoms with Crippen LogP contribution in [0.1, 0.15) is 5.69 Å². The van der Waals surface area contributed by atoms with Crippen LogP contribution in [-0.4, -0.2) is 59.8 Å². The minimum Gasteiger partial charge on any atom is -0.357 e. The molecule has 0 aliphatic carbocycles. The van der Waals surface area contributed by atoms with Crippen molar-refractivity contribution in [3.8, 4) is 0 Å². The monoisotopic (exact) mass is 334 g/mol. The molecule has 0 bridgehead atoms. The molecule has 3 rings (SSSR count). The van der Waals surface area contributed by atoms with E-state index in [0.717, 1.165) is 16.6 Å². The Bertz CT molecular complexity index is 756.